The van der Waals surface area contributed by atoms with E-state index in [1.54, 1.807) is 7.11 Å². The van der Waals surface area contributed by atoms with Crippen LogP contribution in [0.25, 0.3) is 0 Å². The molecule has 0 radical (unpaired) electrons. The Labute approximate surface area is 98.8 Å². The second-order valence-corrected chi connectivity index (χ2v) is 4.49. The Morgan fingerprint density at radius 3 is 3.00 bits per heavy atom. The van der Waals surface area contributed by atoms with Gasteiger partial charge in [0, 0.05) is 13.3 Å². The van der Waals surface area contributed by atoms with E-state index in [-0.39, 0.29) is 11.9 Å². The zero-order chi connectivity index (χ0) is 12.1. The fraction of sp³-hybridized carbons (Fsp3) is 0.600. The minimum absolute atomic E-state index is 0.0256. The van der Waals surface area contributed by atoms with Gasteiger partial charge in [-0.15, -0.1) is 0 Å². The van der Waals surface area contributed by atoms with Crippen molar-refractivity contribution in [3.05, 3.63) is 11.9 Å². The number of aryl methyl sites for hydroxylation is 1. The highest BCUT2D eigenvalue weighted by Gasteiger charge is 2.10. The third-order valence-corrected chi connectivity index (χ3v) is 3.02. The summed E-state index contributed by atoms with van der Waals surface area (Å²) in [5, 5.41) is 9.34. The van der Waals surface area contributed by atoms with Crippen LogP contribution in [0.1, 0.15) is 12.6 Å². The van der Waals surface area contributed by atoms with Crippen LogP contribution in [0.2, 0.25) is 0 Å². The first-order valence-corrected chi connectivity index (χ1v) is 5.92. The normalized spacial score (nSPS) is 12.7. The molecule has 1 rings (SSSR count). The van der Waals surface area contributed by atoms with Gasteiger partial charge in [-0.05, 0) is 13.8 Å². The zero-order valence-electron chi connectivity index (χ0n) is 9.64. The predicted molar refractivity (Wildman–Crippen MR) is 61.8 cm³/mol. The Kier molecular flexibility index (Phi) is 4.82. The molecule has 0 spiro atoms. The Bertz CT molecular complexity index is 365. The third-order valence-electron chi connectivity index (χ3n) is 2.04. The summed E-state index contributed by atoms with van der Waals surface area (Å²) in [6, 6.07) is 0. The van der Waals surface area contributed by atoms with Gasteiger partial charge in [0.15, 0.2) is 5.16 Å². The number of carbonyl (C=O) groups is 1. The molecule has 1 atom stereocenters. The van der Waals surface area contributed by atoms with Crippen molar-refractivity contribution in [2.24, 2.45) is 0 Å². The van der Waals surface area contributed by atoms with Crippen LogP contribution in [0.3, 0.4) is 0 Å². The van der Waals surface area contributed by atoms with Crippen LogP contribution in [-0.2, 0) is 16.1 Å². The number of nitrogens with zero attached hydrogens (tertiary/aromatic N) is 2. The average molecular weight is 244 g/mol. The summed E-state index contributed by atoms with van der Waals surface area (Å²) in [4.78, 5) is 14.8. The second-order valence-electron chi connectivity index (χ2n) is 3.55. The lowest BCUT2D eigenvalue weighted by atomic mass is 10.4. The summed E-state index contributed by atoms with van der Waals surface area (Å²) in [7, 11) is 1.65. The number of rotatable bonds is 6. The number of methoxy groups -OCH3 is 1. The smallest absolute Gasteiger partial charge is 0.313 e. The number of hydrogen-bond acceptors (Lipinski definition) is 4. The van der Waals surface area contributed by atoms with E-state index < -0.39 is 5.97 Å². The van der Waals surface area contributed by atoms with Gasteiger partial charge in [-0.25, -0.2) is 4.98 Å². The highest BCUT2D eigenvalue weighted by Crippen LogP contribution is 2.18. The number of aromatic nitrogens is 2. The van der Waals surface area contributed by atoms with Crippen LogP contribution in [0.5, 0.6) is 0 Å². The summed E-state index contributed by atoms with van der Waals surface area (Å²) < 4.78 is 7.10. The van der Waals surface area contributed by atoms with Crippen molar-refractivity contribution in [2.45, 2.75) is 31.7 Å². The maximum absolute atomic E-state index is 10.5. The van der Waals surface area contributed by atoms with Gasteiger partial charge in [0.1, 0.15) is 0 Å². The number of imidazole rings is 1. The van der Waals surface area contributed by atoms with Gasteiger partial charge in [0.05, 0.1) is 24.1 Å². The first kappa shape index (κ1) is 13.1. The molecule has 1 unspecified atom stereocenters. The van der Waals surface area contributed by atoms with Crippen LogP contribution >= 0.6 is 11.8 Å². The highest BCUT2D eigenvalue weighted by atomic mass is 32.2. The minimum Gasteiger partial charge on any atom is -0.481 e. The molecule has 0 aliphatic heterocycles. The van der Waals surface area contributed by atoms with Gasteiger partial charge in [0.25, 0.3) is 0 Å². The summed E-state index contributed by atoms with van der Waals surface area (Å²) >= 11 is 1.23. The van der Waals surface area contributed by atoms with E-state index in [4.69, 9.17) is 9.84 Å². The molecule has 1 N–H and O–H groups in total. The van der Waals surface area contributed by atoms with E-state index >= 15 is 0 Å². The Morgan fingerprint density at radius 2 is 2.44 bits per heavy atom. The summed E-state index contributed by atoms with van der Waals surface area (Å²) in [6.07, 6.45) is 1.98. The molecule has 0 aliphatic carbocycles. The molecular formula is C10H16N2O3S. The van der Waals surface area contributed by atoms with Gasteiger partial charge in [-0.3, -0.25) is 4.79 Å². The molecule has 0 aliphatic rings. The largest absolute Gasteiger partial charge is 0.481 e. The van der Waals surface area contributed by atoms with Crippen molar-refractivity contribution in [1.29, 1.82) is 0 Å². The second kappa shape index (κ2) is 5.91. The van der Waals surface area contributed by atoms with E-state index in [2.05, 4.69) is 4.98 Å². The van der Waals surface area contributed by atoms with Crippen molar-refractivity contribution >= 4 is 17.7 Å². The summed E-state index contributed by atoms with van der Waals surface area (Å²) in [5.74, 6) is -0.811. The lowest BCUT2D eigenvalue weighted by molar-refractivity contribution is -0.133. The van der Waals surface area contributed by atoms with Crippen LogP contribution in [-0.4, -0.2) is 39.6 Å². The van der Waals surface area contributed by atoms with Gasteiger partial charge < -0.3 is 14.4 Å². The highest BCUT2D eigenvalue weighted by molar-refractivity contribution is 7.99. The molecule has 1 aromatic heterocycles. The molecule has 5 nitrogen and oxygen atoms in total. The molecule has 0 saturated carbocycles. The predicted octanol–water partition coefficient (Wildman–Crippen LogP) is 1.40. The van der Waals surface area contributed by atoms with Crippen molar-refractivity contribution in [1.82, 2.24) is 9.55 Å². The van der Waals surface area contributed by atoms with Crippen LogP contribution in [0.15, 0.2) is 11.4 Å². The lowest BCUT2D eigenvalue weighted by Crippen LogP contribution is -2.15. The van der Waals surface area contributed by atoms with Crippen molar-refractivity contribution in [3.8, 4) is 0 Å². The summed E-state index contributed by atoms with van der Waals surface area (Å²) in [5.41, 5.74) is 0.885. The number of hydrogen-bond donors (Lipinski definition) is 1. The number of carboxylic acids is 1. The molecule has 0 aromatic carbocycles. The van der Waals surface area contributed by atoms with E-state index in [0.717, 1.165) is 10.9 Å². The quantitative estimate of drug-likeness (QED) is 0.766. The average Bonchev–Trinajstić information content (AvgIpc) is 2.55. The molecule has 1 aromatic rings. The van der Waals surface area contributed by atoms with Crippen LogP contribution in [0.4, 0.5) is 0 Å². The van der Waals surface area contributed by atoms with E-state index in [1.165, 1.54) is 11.8 Å². The van der Waals surface area contributed by atoms with E-state index in [0.29, 0.717) is 6.54 Å². The van der Waals surface area contributed by atoms with Gasteiger partial charge >= 0.3 is 5.97 Å². The fourth-order valence-electron chi connectivity index (χ4n) is 1.25. The van der Waals surface area contributed by atoms with Crippen molar-refractivity contribution in [3.63, 3.8) is 0 Å². The molecule has 90 valence electrons. The number of carboxylic acid groups (broad SMARTS) is 1. The Hall–Kier alpha value is -1.01. The van der Waals surface area contributed by atoms with E-state index in [1.807, 2.05) is 24.6 Å². The van der Waals surface area contributed by atoms with Crippen molar-refractivity contribution < 1.29 is 14.6 Å². The molecule has 16 heavy (non-hydrogen) atoms. The standard InChI is InChI=1S/C10H16N2O3S/c1-7-4-12(5-8(2)15-3)10(11-7)16-6-9(13)14/h4,8H,5-6H2,1-3H3,(H,13,14). The number of aliphatic carboxylic acids is 1. The van der Waals surface area contributed by atoms with E-state index in [9.17, 15) is 4.79 Å². The third kappa shape index (κ3) is 3.86. The monoisotopic (exact) mass is 244 g/mol. The van der Waals surface area contributed by atoms with Gasteiger partial charge in [-0.2, -0.15) is 0 Å². The minimum atomic E-state index is -0.836. The molecule has 1 heterocycles. The molecule has 0 bridgehead atoms. The molecule has 0 amide bonds. The molecule has 0 saturated heterocycles. The topological polar surface area (TPSA) is 64.4 Å². The Morgan fingerprint density at radius 1 is 1.75 bits per heavy atom. The van der Waals surface area contributed by atoms with Gasteiger partial charge in [-0.1, -0.05) is 11.8 Å². The lowest BCUT2D eigenvalue weighted by Gasteiger charge is -2.11. The Balaban J connectivity index is 2.70. The molecule has 6 heteroatoms. The van der Waals surface area contributed by atoms with Crippen LogP contribution in [0, 0.1) is 6.92 Å². The zero-order valence-corrected chi connectivity index (χ0v) is 10.5. The maximum atomic E-state index is 10.5. The van der Waals surface area contributed by atoms with Crippen molar-refractivity contribution in [2.75, 3.05) is 12.9 Å². The first-order chi connectivity index (χ1) is 7.52. The number of thioether (sulfide) groups is 1. The van der Waals surface area contributed by atoms with Gasteiger partial charge in [0.2, 0.25) is 0 Å². The first-order valence-electron chi connectivity index (χ1n) is 4.94. The molecule has 0 fully saturated rings. The summed E-state index contributed by atoms with van der Waals surface area (Å²) in [6.45, 7) is 4.53. The molecular weight excluding hydrogens is 228 g/mol. The number of ether oxygens (including phenoxy) is 1. The SMILES string of the molecule is COC(C)Cn1cc(C)nc1SCC(=O)O. The fourth-order valence-corrected chi connectivity index (χ4v) is 2.00. The van der Waals surface area contributed by atoms with Crippen LogP contribution < -0.4 is 0 Å². The maximum Gasteiger partial charge on any atom is 0.313 e.